The van der Waals surface area contributed by atoms with Crippen molar-refractivity contribution in [2.24, 2.45) is 0 Å². The molecule has 0 atom stereocenters. The van der Waals surface area contributed by atoms with Crippen LogP contribution in [0.1, 0.15) is 60.7 Å². The van der Waals surface area contributed by atoms with E-state index in [0.29, 0.717) is 55.0 Å². The van der Waals surface area contributed by atoms with Crippen LogP contribution in [0.25, 0.3) is 11.1 Å². The van der Waals surface area contributed by atoms with Gasteiger partial charge >= 0.3 is 12.4 Å². The number of benzene rings is 2. The molecule has 2 amide bonds. The summed E-state index contributed by atoms with van der Waals surface area (Å²) in [5.74, 6) is -1.07. The highest BCUT2D eigenvalue weighted by Gasteiger charge is 2.37. The highest BCUT2D eigenvalue weighted by Crippen LogP contribution is 2.38. The lowest BCUT2D eigenvalue weighted by atomic mass is 9.98. The number of piperidine rings is 1. The van der Waals surface area contributed by atoms with E-state index in [-0.39, 0.29) is 48.2 Å². The minimum atomic E-state index is -5.05. The van der Waals surface area contributed by atoms with Gasteiger partial charge in [0, 0.05) is 44.7 Å². The summed E-state index contributed by atoms with van der Waals surface area (Å²) in [7, 11) is 0. The number of halogens is 7. The quantitative estimate of drug-likeness (QED) is 0.250. The Labute approximate surface area is 261 Å². The lowest BCUT2D eigenvalue weighted by Crippen LogP contribution is -2.44. The van der Waals surface area contributed by atoms with Crippen LogP contribution in [0.3, 0.4) is 0 Å². The Balaban J connectivity index is 1.79. The molecule has 1 saturated heterocycles. The van der Waals surface area contributed by atoms with Crippen molar-refractivity contribution >= 4 is 17.6 Å². The fourth-order valence-corrected chi connectivity index (χ4v) is 5.33. The molecule has 1 aliphatic rings. The average Bonchev–Trinajstić information content (AvgIpc) is 2.99. The summed E-state index contributed by atoms with van der Waals surface area (Å²) in [6, 6.07) is 8.09. The van der Waals surface area contributed by atoms with Crippen molar-refractivity contribution in [2.75, 3.05) is 31.1 Å². The molecule has 0 unspecified atom stereocenters. The van der Waals surface area contributed by atoms with E-state index < -0.39 is 41.7 Å². The molecule has 2 aromatic carbocycles. The number of pyridine rings is 1. The molecule has 0 radical (unpaired) electrons. The van der Waals surface area contributed by atoms with Crippen LogP contribution >= 0.6 is 0 Å². The summed E-state index contributed by atoms with van der Waals surface area (Å²) in [4.78, 5) is 33.3. The van der Waals surface area contributed by atoms with Crippen LogP contribution in [0.15, 0.2) is 48.5 Å². The molecule has 46 heavy (non-hydrogen) atoms. The smallest absolute Gasteiger partial charge is 0.416 e. The Bertz CT molecular complexity index is 1520. The molecular weight excluding hydrogens is 621 g/mol. The Morgan fingerprint density at radius 2 is 1.54 bits per heavy atom. The number of carbonyl (C=O) groups excluding carboxylic acids is 2. The molecule has 1 N–H and O–H groups in total. The zero-order chi connectivity index (χ0) is 33.8. The minimum absolute atomic E-state index is 0.0237. The average molecular weight is 655 g/mol. The van der Waals surface area contributed by atoms with Gasteiger partial charge in [-0.05, 0) is 74.2 Å². The molecule has 7 nitrogen and oxygen atoms in total. The van der Waals surface area contributed by atoms with Gasteiger partial charge in [-0.2, -0.15) is 31.3 Å². The summed E-state index contributed by atoms with van der Waals surface area (Å²) >= 11 is 0. The maximum Gasteiger partial charge on any atom is 0.416 e. The fraction of sp³-hybridized carbons (Fsp3) is 0.406. The van der Waals surface area contributed by atoms with Gasteiger partial charge in [-0.3, -0.25) is 9.59 Å². The Morgan fingerprint density at radius 3 is 2.04 bits per heavy atom. The predicted octanol–water partition coefficient (Wildman–Crippen LogP) is 7.09. The molecule has 0 saturated carbocycles. The molecule has 4 rings (SSSR count). The van der Waals surface area contributed by atoms with E-state index in [4.69, 9.17) is 4.74 Å². The SMILES string of the molecule is CCOc1nc(N2CCC(NC(C)=O)CC2)cc(-c2ccc(F)cc2)c1C(=O)N(CC)Cc1cc(C(F)(F)F)cc(C(F)(F)F)c1. The summed E-state index contributed by atoms with van der Waals surface area (Å²) in [6.07, 6.45) is -8.85. The van der Waals surface area contributed by atoms with Crippen molar-refractivity contribution in [3.63, 3.8) is 0 Å². The maximum atomic E-state index is 14.2. The minimum Gasteiger partial charge on any atom is -0.477 e. The molecule has 14 heteroatoms. The van der Waals surface area contributed by atoms with E-state index in [1.165, 1.54) is 38.1 Å². The van der Waals surface area contributed by atoms with Gasteiger partial charge in [-0.15, -0.1) is 0 Å². The second-order valence-corrected chi connectivity index (χ2v) is 10.8. The van der Waals surface area contributed by atoms with Gasteiger partial charge in [0.25, 0.3) is 5.91 Å². The van der Waals surface area contributed by atoms with Gasteiger partial charge in [0.1, 0.15) is 17.2 Å². The zero-order valence-corrected chi connectivity index (χ0v) is 25.4. The summed E-state index contributed by atoms with van der Waals surface area (Å²) in [5, 5.41) is 2.89. The van der Waals surface area contributed by atoms with Crippen LogP contribution in [0, 0.1) is 5.82 Å². The number of nitrogens with zero attached hydrogens (tertiary/aromatic N) is 3. The zero-order valence-electron chi connectivity index (χ0n) is 25.4. The van der Waals surface area contributed by atoms with E-state index >= 15 is 0 Å². The van der Waals surface area contributed by atoms with Gasteiger partial charge in [-0.1, -0.05) is 12.1 Å². The standard InChI is InChI=1S/C32H33F7N4O3/c1-4-42(18-20-14-22(31(34,35)36)16-23(15-20)32(37,38)39)30(45)28-26(21-6-8-24(33)9-7-21)17-27(41-29(28)46-5-2)43-12-10-25(11-13-43)40-19(3)44/h6-9,14-17,25H,4-5,10-13,18H2,1-3H3,(H,40,44). The second-order valence-electron chi connectivity index (χ2n) is 10.8. The lowest BCUT2D eigenvalue weighted by Gasteiger charge is -2.34. The van der Waals surface area contributed by atoms with Crippen LogP contribution in [0.5, 0.6) is 5.88 Å². The van der Waals surface area contributed by atoms with E-state index in [1.54, 1.807) is 13.0 Å². The molecule has 2 heterocycles. The number of carbonyl (C=O) groups is 2. The van der Waals surface area contributed by atoms with Gasteiger partial charge in [-0.25, -0.2) is 4.39 Å². The maximum absolute atomic E-state index is 14.2. The van der Waals surface area contributed by atoms with Crippen molar-refractivity contribution in [3.8, 4) is 17.0 Å². The molecular formula is C32H33F7N4O3. The first-order valence-electron chi connectivity index (χ1n) is 14.6. The van der Waals surface area contributed by atoms with Crippen LogP contribution < -0.4 is 15.0 Å². The van der Waals surface area contributed by atoms with Crippen molar-refractivity contribution in [2.45, 2.75) is 58.6 Å². The number of nitrogens with one attached hydrogen (secondary N) is 1. The normalized spacial score (nSPS) is 14.3. The van der Waals surface area contributed by atoms with Crippen LogP contribution in [-0.2, 0) is 23.7 Å². The Morgan fingerprint density at radius 1 is 0.957 bits per heavy atom. The molecule has 1 fully saturated rings. The monoisotopic (exact) mass is 654 g/mol. The third-order valence-electron chi connectivity index (χ3n) is 7.54. The van der Waals surface area contributed by atoms with Crippen molar-refractivity contribution in [3.05, 3.63) is 76.6 Å². The Kier molecular flexibility index (Phi) is 10.5. The topological polar surface area (TPSA) is 74.8 Å². The first kappa shape index (κ1) is 34.5. The number of anilines is 1. The fourth-order valence-electron chi connectivity index (χ4n) is 5.33. The molecule has 248 valence electrons. The number of aromatic nitrogens is 1. The number of ether oxygens (including phenoxy) is 1. The number of hydrogen-bond acceptors (Lipinski definition) is 5. The van der Waals surface area contributed by atoms with Crippen molar-refractivity contribution < 1.29 is 45.1 Å². The van der Waals surface area contributed by atoms with E-state index in [9.17, 15) is 40.3 Å². The number of alkyl halides is 6. The van der Waals surface area contributed by atoms with Gasteiger partial charge < -0.3 is 19.9 Å². The van der Waals surface area contributed by atoms with Gasteiger partial charge in [0.05, 0.1) is 17.7 Å². The Hall–Kier alpha value is -4.36. The highest BCUT2D eigenvalue weighted by atomic mass is 19.4. The summed E-state index contributed by atoms with van der Waals surface area (Å²) < 4.78 is 101. The highest BCUT2D eigenvalue weighted by molar-refractivity contribution is 6.03. The molecule has 3 aromatic rings. The lowest BCUT2D eigenvalue weighted by molar-refractivity contribution is -0.143. The summed E-state index contributed by atoms with van der Waals surface area (Å²) in [6.45, 7) is 5.09. The number of hydrogen-bond donors (Lipinski definition) is 1. The molecule has 1 aliphatic heterocycles. The third-order valence-corrected chi connectivity index (χ3v) is 7.54. The molecule has 1 aromatic heterocycles. The largest absolute Gasteiger partial charge is 0.477 e. The van der Waals surface area contributed by atoms with Crippen molar-refractivity contribution in [1.82, 2.24) is 15.2 Å². The molecule has 0 aliphatic carbocycles. The number of amides is 2. The third kappa shape index (κ3) is 8.26. The first-order chi connectivity index (χ1) is 21.6. The first-order valence-corrected chi connectivity index (χ1v) is 14.6. The number of rotatable bonds is 9. The van der Waals surface area contributed by atoms with E-state index in [1.807, 2.05) is 4.90 Å². The van der Waals surface area contributed by atoms with Crippen LogP contribution in [0.2, 0.25) is 0 Å². The summed E-state index contributed by atoms with van der Waals surface area (Å²) in [5.41, 5.74) is -2.72. The van der Waals surface area contributed by atoms with Gasteiger partial charge in [0.2, 0.25) is 11.8 Å². The van der Waals surface area contributed by atoms with Crippen LogP contribution in [-0.4, -0.2) is 54.0 Å². The molecule has 0 spiro atoms. The van der Waals surface area contributed by atoms with Crippen LogP contribution in [0.4, 0.5) is 36.6 Å². The van der Waals surface area contributed by atoms with E-state index in [2.05, 4.69) is 10.3 Å². The predicted molar refractivity (Wildman–Crippen MR) is 157 cm³/mol. The second kappa shape index (κ2) is 14.0. The van der Waals surface area contributed by atoms with Gasteiger partial charge in [0.15, 0.2) is 0 Å². The van der Waals surface area contributed by atoms with Crippen molar-refractivity contribution in [1.29, 1.82) is 0 Å². The molecule has 0 bridgehead atoms. The van der Waals surface area contributed by atoms with E-state index in [0.717, 1.165) is 4.90 Å².